The number of ether oxygens (including phenoxy) is 1. The lowest BCUT2D eigenvalue weighted by Crippen LogP contribution is -2.32. The second-order valence-corrected chi connectivity index (χ2v) is 8.21. The Balaban J connectivity index is 1.78. The number of benzene rings is 1. The largest absolute Gasteiger partial charge is 0.508 e. The van der Waals surface area contributed by atoms with Crippen LogP contribution in [0.5, 0.6) is 5.75 Å². The zero-order chi connectivity index (χ0) is 22.8. The average molecular weight is 451 g/mol. The highest BCUT2D eigenvalue weighted by molar-refractivity contribution is 7.80. The summed E-state index contributed by atoms with van der Waals surface area (Å²) in [5.41, 5.74) is 5.08. The lowest BCUT2D eigenvalue weighted by Gasteiger charge is -2.28. The van der Waals surface area contributed by atoms with E-state index in [0.717, 1.165) is 28.3 Å². The van der Waals surface area contributed by atoms with Crippen molar-refractivity contribution in [2.45, 2.75) is 32.4 Å². The molecule has 1 saturated heterocycles. The maximum absolute atomic E-state index is 11.9. The normalized spacial score (nSPS) is 18.0. The minimum atomic E-state index is -0.276. The van der Waals surface area contributed by atoms with Crippen LogP contribution in [0.3, 0.4) is 0 Å². The monoisotopic (exact) mass is 450 g/mol. The zero-order valence-corrected chi connectivity index (χ0v) is 19.1. The van der Waals surface area contributed by atoms with Crippen LogP contribution in [0.15, 0.2) is 54.7 Å². The van der Waals surface area contributed by atoms with Gasteiger partial charge in [-0.25, -0.2) is 0 Å². The van der Waals surface area contributed by atoms with Crippen LogP contribution in [0.4, 0.5) is 0 Å². The highest BCUT2D eigenvalue weighted by atomic mass is 32.1. The molecule has 7 nitrogen and oxygen atoms in total. The van der Waals surface area contributed by atoms with E-state index in [4.69, 9.17) is 17.0 Å². The fourth-order valence-corrected chi connectivity index (χ4v) is 4.72. The molecule has 0 amide bonds. The molecule has 0 unspecified atom stereocenters. The number of carbonyl (C=O) groups is 1. The third-order valence-electron chi connectivity index (χ3n) is 5.88. The molecule has 1 aliphatic rings. The second kappa shape index (κ2) is 9.00. The van der Waals surface area contributed by atoms with Gasteiger partial charge in [-0.15, -0.1) is 0 Å². The highest BCUT2D eigenvalue weighted by Crippen LogP contribution is 2.41. The van der Waals surface area contributed by atoms with Gasteiger partial charge in [0.1, 0.15) is 5.75 Å². The minimum Gasteiger partial charge on any atom is -0.508 e. The predicted octanol–water partition coefficient (Wildman–Crippen LogP) is 3.73. The van der Waals surface area contributed by atoms with Gasteiger partial charge in [0.15, 0.2) is 5.11 Å². The number of carbonyl (C=O) groups excluding carboxylic acids is 1. The molecule has 0 radical (unpaired) electrons. The molecule has 0 bridgehead atoms. The van der Waals surface area contributed by atoms with Crippen molar-refractivity contribution < 1.29 is 14.6 Å². The summed E-state index contributed by atoms with van der Waals surface area (Å²) in [7, 11) is 1.39. The Labute approximate surface area is 192 Å². The van der Waals surface area contributed by atoms with Crippen molar-refractivity contribution in [2.24, 2.45) is 0 Å². The summed E-state index contributed by atoms with van der Waals surface area (Å²) >= 11 is 5.67. The number of nitrogens with one attached hydrogen (secondary N) is 1. The Morgan fingerprint density at radius 1 is 1.22 bits per heavy atom. The average Bonchev–Trinajstić information content (AvgIpc) is 3.28. The molecule has 1 fully saturated rings. The van der Waals surface area contributed by atoms with Crippen LogP contribution in [0.25, 0.3) is 5.69 Å². The van der Waals surface area contributed by atoms with Crippen LogP contribution in [-0.2, 0) is 9.53 Å². The van der Waals surface area contributed by atoms with E-state index < -0.39 is 0 Å². The third-order valence-corrected chi connectivity index (χ3v) is 6.23. The van der Waals surface area contributed by atoms with E-state index in [-0.39, 0.29) is 30.2 Å². The van der Waals surface area contributed by atoms with Crippen molar-refractivity contribution in [3.63, 3.8) is 0 Å². The Hall–Kier alpha value is -3.39. The van der Waals surface area contributed by atoms with Crippen molar-refractivity contribution in [2.75, 3.05) is 13.7 Å². The smallest absolute Gasteiger partial charge is 0.307 e. The molecule has 1 aromatic carbocycles. The van der Waals surface area contributed by atoms with Gasteiger partial charge in [0.25, 0.3) is 0 Å². The van der Waals surface area contributed by atoms with E-state index in [2.05, 4.69) is 39.7 Å². The highest BCUT2D eigenvalue weighted by Gasteiger charge is 2.41. The SMILES string of the molecule is COC(=O)CCN1C(=S)N[C@H](c2ccccn2)[C@@H]1c1cc(C)n(-c2ccc(O)cc2)c1C. The number of aromatic hydroxyl groups is 1. The van der Waals surface area contributed by atoms with Gasteiger partial charge in [0.2, 0.25) is 0 Å². The lowest BCUT2D eigenvalue weighted by atomic mass is 9.96. The lowest BCUT2D eigenvalue weighted by molar-refractivity contribution is -0.140. The molecule has 4 rings (SSSR count). The second-order valence-electron chi connectivity index (χ2n) is 7.82. The molecule has 2 atom stereocenters. The summed E-state index contributed by atoms with van der Waals surface area (Å²) in [5.74, 6) is -0.0478. The molecular formula is C24H26N4O3S. The van der Waals surface area contributed by atoms with Gasteiger partial charge in [-0.05, 0) is 74.1 Å². The molecule has 2 N–H and O–H groups in total. The number of nitrogens with zero attached hydrogens (tertiary/aromatic N) is 3. The van der Waals surface area contributed by atoms with E-state index >= 15 is 0 Å². The first-order valence-corrected chi connectivity index (χ1v) is 10.8. The number of methoxy groups -OCH3 is 1. The van der Waals surface area contributed by atoms with Gasteiger partial charge >= 0.3 is 5.97 Å². The Morgan fingerprint density at radius 2 is 1.97 bits per heavy atom. The number of aromatic nitrogens is 2. The Morgan fingerprint density at radius 3 is 2.62 bits per heavy atom. The first-order valence-electron chi connectivity index (χ1n) is 10.4. The first-order chi connectivity index (χ1) is 15.4. The number of pyridine rings is 1. The van der Waals surface area contributed by atoms with Gasteiger partial charge in [0, 0.05) is 29.8 Å². The number of aryl methyl sites for hydroxylation is 1. The fourth-order valence-electron chi connectivity index (χ4n) is 4.38. The van der Waals surface area contributed by atoms with Crippen molar-refractivity contribution in [3.8, 4) is 11.4 Å². The molecule has 8 heteroatoms. The molecule has 0 aliphatic carbocycles. The number of esters is 1. The number of hydrogen-bond donors (Lipinski definition) is 2. The van der Waals surface area contributed by atoms with Crippen LogP contribution in [0.2, 0.25) is 0 Å². The maximum atomic E-state index is 11.9. The van der Waals surface area contributed by atoms with E-state index in [9.17, 15) is 9.90 Å². The molecule has 2 aromatic heterocycles. The molecule has 0 spiro atoms. The van der Waals surface area contributed by atoms with Crippen molar-refractivity contribution >= 4 is 23.3 Å². The summed E-state index contributed by atoms with van der Waals surface area (Å²) < 4.78 is 7.00. The summed E-state index contributed by atoms with van der Waals surface area (Å²) in [4.78, 5) is 18.5. The Kier molecular flexibility index (Phi) is 6.14. The van der Waals surface area contributed by atoms with Gasteiger partial charge in [-0.1, -0.05) is 6.07 Å². The van der Waals surface area contributed by atoms with Crippen LogP contribution in [0, 0.1) is 13.8 Å². The molecular weight excluding hydrogens is 424 g/mol. The number of phenolic OH excluding ortho intramolecular Hbond substituents is 1. The first kappa shape index (κ1) is 21.8. The summed E-state index contributed by atoms with van der Waals surface area (Å²) in [6.45, 7) is 4.57. The van der Waals surface area contributed by atoms with Crippen LogP contribution in [-0.4, -0.2) is 44.3 Å². The topological polar surface area (TPSA) is 79.6 Å². The zero-order valence-electron chi connectivity index (χ0n) is 18.3. The molecule has 0 saturated carbocycles. The van der Waals surface area contributed by atoms with Gasteiger partial charge < -0.3 is 24.6 Å². The van der Waals surface area contributed by atoms with Gasteiger partial charge in [0.05, 0.1) is 31.3 Å². The number of rotatable bonds is 6. The van der Waals surface area contributed by atoms with E-state index in [1.54, 1.807) is 18.3 Å². The Bertz CT molecular complexity index is 1130. The maximum Gasteiger partial charge on any atom is 0.307 e. The predicted molar refractivity (Wildman–Crippen MR) is 126 cm³/mol. The summed E-state index contributed by atoms with van der Waals surface area (Å²) in [6.07, 6.45) is 2.01. The number of phenols is 1. The minimum absolute atomic E-state index is 0.140. The van der Waals surface area contributed by atoms with Crippen LogP contribution in [0.1, 0.15) is 41.1 Å². The number of hydrogen-bond acceptors (Lipinski definition) is 5. The molecule has 3 aromatic rings. The van der Waals surface area contributed by atoms with E-state index in [1.807, 2.05) is 30.3 Å². The van der Waals surface area contributed by atoms with Gasteiger partial charge in [-0.3, -0.25) is 9.78 Å². The van der Waals surface area contributed by atoms with E-state index in [0.29, 0.717) is 11.7 Å². The summed E-state index contributed by atoms with van der Waals surface area (Å²) in [5, 5.41) is 13.7. The molecule has 166 valence electrons. The van der Waals surface area contributed by atoms with Crippen molar-refractivity contribution in [1.29, 1.82) is 0 Å². The van der Waals surface area contributed by atoms with Crippen molar-refractivity contribution in [3.05, 3.63) is 77.4 Å². The van der Waals surface area contributed by atoms with Gasteiger partial charge in [-0.2, -0.15) is 0 Å². The van der Waals surface area contributed by atoms with Crippen molar-refractivity contribution in [1.82, 2.24) is 19.8 Å². The van der Waals surface area contributed by atoms with Crippen LogP contribution >= 0.6 is 12.2 Å². The molecule has 3 heterocycles. The fraction of sp³-hybridized carbons (Fsp3) is 0.292. The number of thiocarbonyl (C=S) groups is 1. The standard InChI is InChI=1S/C24H26N4O3S/c1-15-14-19(16(2)28(15)17-7-9-18(29)10-8-17)23-22(20-6-4-5-12-25-20)26-24(32)27(23)13-11-21(30)31-3/h4-10,12,14,22-23,29H,11,13H2,1-3H3,(H,26,32)/t22-,23+/m1/s1. The summed E-state index contributed by atoms with van der Waals surface area (Å²) in [6, 6.07) is 14.8. The third kappa shape index (κ3) is 4.05. The van der Waals surface area contributed by atoms with E-state index in [1.165, 1.54) is 7.11 Å². The quantitative estimate of drug-likeness (QED) is 0.438. The molecule has 1 aliphatic heterocycles. The van der Waals surface area contributed by atoms with Crippen LogP contribution < -0.4 is 5.32 Å². The molecule has 32 heavy (non-hydrogen) atoms.